The number of rotatable bonds is 5. The maximum atomic E-state index is 13.5. The standard InChI is InChI=1S/C23H29N3O2S/c1-24(2)13-17-6-4-5-7-19(17)20-8-9-21-18-10-16(12-26(21)23(20)28)11-25(14-18)22(27)15-29-3/h4-9,16,18H,10-15H2,1-3H3. The first kappa shape index (κ1) is 20.2. The fourth-order valence-corrected chi connectivity index (χ4v) is 5.26. The maximum absolute atomic E-state index is 13.5. The van der Waals surface area contributed by atoms with Crippen molar-refractivity contribution in [2.45, 2.75) is 25.4 Å². The van der Waals surface area contributed by atoms with Gasteiger partial charge in [-0.2, -0.15) is 11.8 Å². The summed E-state index contributed by atoms with van der Waals surface area (Å²) in [5.41, 5.74) is 4.16. The van der Waals surface area contributed by atoms with Gasteiger partial charge in [0.15, 0.2) is 0 Å². The second kappa shape index (κ2) is 8.36. The van der Waals surface area contributed by atoms with Crippen molar-refractivity contribution in [2.24, 2.45) is 5.92 Å². The Kier molecular flexibility index (Phi) is 5.83. The van der Waals surface area contributed by atoms with Crippen molar-refractivity contribution in [1.29, 1.82) is 0 Å². The van der Waals surface area contributed by atoms with Crippen molar-refractivity contribution in [3.05, 3.63) is 58.0 Å². The van der Waals surface area contributed by atoms with E-state index in [1.807, 2.05) is 48.0 Å². The summed E-state index contributed by atoms with van der Waals surface area (Å²) in [6.07, 6.45) is 3.03. The second-order valence-electron chi connectivity index (χ2n) is 8.51. The van der Waals surface area contributed by atoms with E-state index in [0.29, 0.717) is 18.2 Å². The number of nitrogens with zero attached hydrogens (tertiary/aromatic N) is 3. The fraction of sp³-hybridized carbons (Fsp3) is 0.478. The van der Waals surface area contributed by atoms with E-state index in [1.165, 1.54) is 5.56 Å². The number of aromatic nitrogens is 1. The first-order valence-corrected chi connectivity index (χ1v) is 11.6. The van der Waals surface area contributed by atoms with Gasteiger partial charge in [0.05, 0.1) is 5.75 Å². The zero-order valence-electron chi connectivity index (χ0n) is 17.4. The van der Waals surface area contributed by atoms with E-state index in [-0.39, 0.29) is 17.4 Å². The number of benzene rings is 1. The third-order valence-electron chi connectivity index (χ3n) is 6.02. The molecule has 4 rings (SSSR count). The van der Waals surface area contributed by atoms with Gasteiger partial charge in [0.1, 0.15) is 0 Å². The Hall–Kier alpha value is -2.05. The molecule has 154 valence electrons. The van der Waals surface area contributed by atoms with E-state index in [4.69, 9.17) is 0 Å². The molecule has 29 heavy (non-hydrogen) atoms. The van der Waals surface area contributed by atoms with E-state index in [2.05, 4.69) is 23.1 Å². The van der Waals surface area contributed by atoms with Crippen LogP contribution in [0, 0.1) is 5.92 Å². The van der Waals surface area contributed by atoms with Gasteiger partial charge in [0.2, 0.25) is 5.91 Å². The highest BCUT2D eigenvalue weighted by Gasteiger charge is 2.36. The molecule has 2 aromatic rings. The molecule has 6 heteroatoms. The highest BCUT2D eigenvalue weighted by Crippen LogP contribution is 2.36. The lowest BCUT2D eigenvalue weighted by Gasteiger charge is -2.43. The van der Waals surface area contributed by atoms with Crippen molar-refractivity contribution in [3.8, 4) is 11.1 Å². The van der Waals surface area contributed by atoms with Crippen LogP contribution in [0.15, 0.2) is 41.2 Å². The summed E-state index contributed by atoms with van der Waals surface area (Å²) in [5, 5.41) is 0. The minimum absolute atomic E-state index is 0.104. The van der Waals surface area contributed by atoms with Crippen LogP contribution in [0.5, 0.6) is 0 Å². The van der Waals surface area contributed by atoms with Gasteiger partial charge in [-0.05, 0) is 55.9 Å². The first-order valence-electron chi connectivity index (χ1n) is 10.2. The van der Waals surface area contributed by atoms with Gasteiger partial charge in [0.25, 0.3) is 5.56 Å². The molecule has 0 spiro atoms. The quantitative estimate of drug-likeness (QED) is 0.759. The van der Waals surface area contributed by atoms with Crippen molar-refractivity contribution in [2.75, 3.05) is 39.2 Å². The molecule has 1 saturated heterocycles. The molecular weight excluding hydrogens is 382 g/mol. The van der Waals surface area contributed by atoms with Crippen molar-refractivity contribution in [3.63, 3.8) is 0 Å². The number of carbonyl (C=O) groups is 1. The van der Waals surface area contributed by atoms with Crippen LogP contribution in [0.3, 0.4) is 0 Å². The predicted molar refractivity (Wildman–Crippen MR) is 119 cm³/mol. The molecule has 0 N–H and O–H groups in total. The van der Waals surface area contributed by atoms with Gasteiger partial charge >= 0.3 is 0 Å². The highest BCUT2D eigenvalue weighted by molar-refractivity contribution is 7.99. The average molecular weight is 412 g/mol. The van der Waals surface area contributed by atoms with E-state index < -0.39 is 0 Å². The average Bonchev–Trinajstić information content (AvgIpc) is 2.69. The number of hydrogen-bond donors (Lipinski definition) is 0. The number of fused-ring (bicyclic) bond motifs is 4. The number of carbonyl (C=O) groups excluding carboxylic acids is 1. The number of amides is 1. The topological polar surface area (TPSA) is 45.6 Å². The molecule has 2 aliphatic heterocycles. The van der Waals surface area contributed by atoms with Crippen molar-refractivity contribution >= 4 is 17.7 Å². The predicted octanol–water partition coefficient (Wildman–Crippen LogP) is 2.89. The van der Waals surface area contributed by atoms with Gasteiger partial charge in [-0.25, -0.2) is 0 Å². The molecular formula is C23H29N3O2S. The molecule has 0 aliphatic carbocycles. The summed E-state index contributed by atoms with van der Waals surface area (Å²) in [6, 6.07) is 12.3. The van der Waals surface area contributed by atoms with Crippen molar-refractivity contribution in [1.82, 2.24) is 14.4 Å². The zero-order valence-corrected chi connectivity index (χ0v) is 18.2. The molecule has 2 unspecified atom stereocenters. The Morgan fingerprint density at radius 1 is 1.10 bits per heavy atom. The first-order chi connectivity index (χ1) is 14.0. The second-order valence-corrected chi connectivity index (χ2v) is 9.38. The molecule has 5 nitrogen and oxygen atoms in total. The van der Waals surface area contributed by atoms with E-state index in [1.54, 1.807) is 11.8 Å². The Labute approximate surface area is 176 Å². The normalized spacial score (nSPS) is 20.6. The van der Waals surface area contributed by atoms with E-state index >= 15 is 0 Å². The summed E-state index contributed by atoms with van der Waals surface area (Å²) >= 11 is 1.57. The smallest absolute Gasteiger partial charge is 0.258 e. The molecule has 2 atom stereocenters. The largest absolute Gasteiger partial charge is 0.341 e. The zero-order chi connectivity index (χ0) is 20.5. The molecule has 1 aromatic carbocycles. The molecule has 1 amide bonds. The molecule has 1 aromatic heterocycles. The fourth-order valence-electron chi connectivity index (χ4n) is 4.83. The number of likely N-dealkylation sites (tertiary alicyclic amines) is 1. The molecule has 2 aliphatic rings. The SMILES string of the molecule is CSCC(=O)N1CC2CC(C1)c1ccc(-c3ccccc3CN(C)C)c(=O)n1C2. The summed E-state index contributed by atoms with van der Waals surface area (Å²) in [7, 11) is 4.09. The van der Waals surface area contributed by atoms with Crippen LogP contribution in [0.4, 0.5) is 0 Å². The van der Waals surface area contributed by atoms with Crippen LogP contribution >= 0.6 is 11.8 Å². The Balaban J connectivity index is 1.69. The van der Waals surface area contributed by atoms with Gasteiger partial charge in [-0.1, -0.05) is 24.3 Å². The lowest BCUT2D eigenvalue weighted by molar-refractivity contribution is -0.131. The summed E-state index contributed by atoms with van der Waals surface area (Å²) < 4.78 is 1.98. The molecule has 0 radical (unpaired) electrons. The number of piperidine rings is 1. The summed E-state index contributed by atoms with van der Waals surface area (Å²) in [4.78, 5) is 30.0. The van der Waals surface area contributed by atoms with Gasteiger partial charge in [-0.15, -0.1) is 0 Å². The van der Waals surface area contributed by atoms with Gasteiger partial charge in [-0.3, -0.25) is 9.59 Å². The molecule has 0 saturated carbocycles. The molecule has 2 bridgehead atoms. The van der Waals surface area contributed by atoms with Gasteiger partial charge < -0.3 is 14.4 Å². The van der Waals surface area contributed by atoms with E-state index in [9.17, 15) is 9.59 Å². The lowest BCUT2D eigenvalue weighted by atomic mass is 9.82. The third-order valence-corrected chi connectivity index (χ3v) is 6.55. The minimum atomic E-state index is 0.104. The van der Waals surface area contributed by atoms with Crippen LogP contribution in [-0.4, -0.2) is 59.5 Å². The number of hydrogen-bond acceptors (Lipinski definition) is 4. The molecule has 3 heterocycles. The number of thioether (sulfide) groups is 1. The van der Waals surface area contributed by atoms with Crippen LogP contribution in [0.2, 0.25) is 0 Å². The third kappa shape index (κ3) is 4.01. The molecule has 1 fully saturated rings. The maximum Gasteiger partial charge on any atom is 0.258 e. The highest BCUT2D eigenvalue weighted by atomic mass is 32.2. The van der Waals surface area contributed by atoms with E-state index in [0.717, 1.165) is 42.9 Å². The number of pyridine rings is 1. The Morgan fingerprint density at radius 3 is 2.66 bits per heavy atom. The summed E-state index contributed by atoms with van der Waals surface area (Å²) in [5.74, 6) is 1.37. The van der Waals surface area contributed by atoms with Crippen molar-refractivity contribution < 1.29 is 4.79 Å². The lowest BCUT2D eigenvalue weighted by Crippen LogP contribution is -2.49. The Morgan fingerprint density at radius 2 is 1.90 bits per heavy atom. The monoisotopic (exact) mass is 411 g/mol. The minimum Gasteiger partial charge on any atom is -0.341 e. The summed E-state index contributed by atoms with van der Waals surface area (Å²) in [6.45, 7) is 3.00. The van der Waals surface area contributed by atoms with Gasteiger partial charge in [0, 0.05) is 43.4 Å². The Bertz CT molecular complexity index is 969. The van der Waals surface area contributed by atoms with Crippen LogP contribution < -0.4 is 5.56 Å². The van der Waals surface area contributed by atoms with Crippen LogP contribution in [0.25, 0.3) is 11.1 Å². The van der Waals surface area contributed by atoms with Crippen LogP contribution in [0.1, 0.15) is 23.6 Å². The van der Waals surface area contributed by atoms with Crippen LogP contribution in [-0.2, 0) is 17.9 Å².